The maximum absolute atomic E-state index is 13.3. The molecule has 83 heavy (non-hydrogen) atoms. The fourth-order valence-corrected chi connectivity index (χ4v) is 10.8. The molecule has 1 aromatic carbocycles. The second-order valence-electron chi connectivity index (χ2n) is 22.6. The lowest BCUT2D eigenvalue weighted by molar-refractivity contribution is -0.283. The van der Waals surface area contributed by atoms with E-state index >= 15 is 0 Å². The quantitative estimate of drug-likeness (QED) is 0.0394. The number of likely N-dealkylation sites (N-methyl/N-ethyl adjacent to an activating group) is 1. The van der Waals surface area contributed by atoms with Crippen molar-refractivity contribution in [3.05, 3.63) is 39.7 Å². The summed E-state index contributed by atoms with van der Waals surface area (Å²) in [6, 6.07) is 3.70. The van der Waals surface area contributed by atoms with Gasteiger partial charge in [0.1, 0.15) is 35.3 Å². The number of methoxy groups -OCH3 is 2. The van der Waals surface area contributed by atoms with E-state index in [1.807, 2.05) is 85.0 Å². The summed E-state index contributed by atoms with van der Waals surface area (Å²) in [6.07, 6.45) is -0.418. The van der Waals surface area contributed by atoms with Crippen LogP contribution in [0.5, 0.6) is 0 Å². The Kier molecular flexibility index (Phi) is 35.1. The van der Waals surface area contributed by atoms with Crippen molar-refractivity contribution in [2.75, 3.05) is 80.8 Å². The molecule has 0 saturated carbocycles. The van der Waals surface area contributed by atoms with Crippen LogP contribution in [-0.4, -0.2) is 201 Å². The second-order valence-corrected chi connectivity index (χ2v) is 22.6. The van der Waals surface area contributed by atoms with Crippen molar-refractivity contribution in [2.45, 2.75) is 208 Å². The van der Waals surface area contributed by atoms with E-state index in [2.05, 4.69) is 22.3 Å². The number of esters is 1. The molecule has 2 aromatic rings. The molecule has 22 heteroatoms. The van der Waals surface area contributed by atoms with E-state index in [4.69, 9.17) is 38.3 Å². The van der Waals surface area contributed by atoms with Crippen molar-refractivity contribution in [1.82, 2.24) is 14.8 Å². The van der Waals surface area contributed by atoms with Crippen molar-refractivity contribution >= 4 is 40.4 Å². The van der Waals surface area contributed by atoms with E-state index in [1.54, 1.807) is 41.1 Å². The van der Waals surface area contributed by atoms with Crippen molar-refractivity contribution < 1.29 is 82.6 Å². The monoisotopic (exact) mass is 1180 g/mol. The van der Waals surface area contributed by atoms with Crippen molar-refractivity contribution in [1.29, 1.82) is 0 Å². The molecule has 0 radical (unpaired) electrons. The predicted molar refractivity (Wildman–Crippen MR) is 320 cm³/mol. The number of aliphatic hydroxyl groups is 4. The first-order valence-corrected chi connectivity index (χ1v) is 29.5. The maximum Gasteiger partial charge on any atom is 0.407 e. The Hall–Kier alpha value is -4.33. The summed E-state index contributed by atoms with van der Waals surface area (Å²) >= 11 is 0. The third kappa shape index (κ3) is 22.5. The third-order valence-electron chi connectivity index (χ3n) is 15.9. The highest BCUT2D eigenvalue weighted by Gasteiger charge is 2.45. The molecule has 7 N–H and O–H groups in total. The first-order valence-electron chi connectivity index (χ1n) is 29.5. The summed E-state index contributed by atoms with van der Waals surface area (Å²) in [7, 11) is 9.59. The number of aromatic carboxylic acids is 1. The third-order valence-corrected chi connectivity index (χ3v) is 15.9. The van der Waals surface area contributed by atoms with E-state index < -0.39 is 71.8 Å². The lowest BCUT2D eigenvalue weighted by atomic mass is 9.80. The van der Waals surface area contributed by atoms with Gasteiger partial charge in [-0.3, -0.25) is 14.4 Å². The van der Waals surface area contributed by atoms with Gasteiger partial charge in [0.2, 0.25) is 5.43 Å². The molecule has 5 rings (SSSR count). The zero-order chi connectivity index (χ0) is 63.6. The van der Waals surface area contributed by atoms with E-state index in [0.717, 1.165) is 43.1 Å². The van der Waals surface area contributed by atoms with Gasteiger partial charge in [0.25, 0.3) is 0 Å². The van der Waals surface area contributed by atoms with E-state index in [9.17, 15) is 44.4 Å². The number of benzene rings is 1. The summed E-state index contributed by atoms with van der Waals surface area (Å²) < 4.78 is 47.0. The van der Waals surface area contributed by atoms with Crippen LogP contribution < -0.4 is 16.1 Å². The van der Waals surface area contributed by atoms with Crippen molar-refractivity contribution in [3.63, 3.8) is 0 Å². The molecule has 0 bridgehead atoms. The fraction of sp³-hybridized carbons (Fsp3) is 0.787. The molecule has 0 spiro atoms. The number of amides is 1. The summed E-state index contributed by atoms with van der Waals surface area (Å²) in [5.41, 5.74) is 0.292. The minimum Gasteiger partial charge on any atom is -0.477 e. The van der Waals surface area contributed by atoms with Crippen molar-refractivity contribution in [2.24, 2.45) is 29.6 Å². The Bertz CT molecular complexity index is 2290. The maximum atomic E-state index is 13.3. The van der Waals surface area contributed by atoms with Crippen LogP contribution in [-0.2, 0) is 53.9 Å². The number of aliphatic hydroxyl groups excluding tert-OH is 3. The molecule has 22 nitrogen and oxygen atoms in total. The number of carboxylic acid groups (broad SMARTS) is 1. The van der Waals surface area contributed by atoms with E-state index in [0.29, 0.717) is 57.6 Å². The van der Waals surface area contributed by atoms with Crippen LogP contribution in [0.15, 0.2) is 23.1 Å². The zero-order valence-corrected chi connectivity index (χ0v) is 53.7. The number of pyridine rings is 1. The number of nitrogens with zero attached hydrogens (tertiary/aromatic N) is 2. The van der Waals surface area contributed by atoms with Gasteiger partial charge in [-0.2, -0.15) is 0 Å². The SMILES string of the molecule is CC.CC1CCOC(C)[C@@H]1OC(=O)NCCOCCNc1cc2c3c(c1)c(=O)c(C(=O)O)cn3C(C)CC2.CC[C@@H](OC(=O)C(C)[C@@H](OC)[C@H](C)[C@@H](OC1OC(C)CC(N(C)C)[C@H]1O)C(C)C[C@@H](C)C(C)=O)[C@@](C)(O)[C@@H](C)O.CO.COC. The summed E-state index contributed by atoms with van der Waals surface area (Å²) in [4.78, 5) is 63.9. The van der Waals surface area contributed by atoms with Gasteiger partial charge >= 0.3 is 18.0 Å². The van der Waals surface area contributed by atoms with Crippen LogP contribution in [0.2, 0.25) is 0 Å². The van der Waals surface area contributed by atoms with Gasteiger partial charge in [0.15, 0.2) is 6.29 Å². The Morgan fingerprint density at radius 1 is 0.952 bits per heavy atom. The molecule has 1 aromatic heterocycles. The number of Topliss-reactive ketones (excluding diaryl/α,β-unsaturated/α-hetero) is 1. The molecule has 2 saturated heterocycles. The number of carbonyl (C=O) groups excluding carboxylic acids is 3. The number of aromatic nitrogens is 1. The minimum absolute atomic E-state index is 0.0736. The van der Waals surface area contributed by atoms with Crippen LogP contribution in [0, 0.1) is 29.6 Å². The number of alkyl carbamates (subject to hydrolysis) is 1. The van der Waals surface area contributed by atoms with Crippen LogP contribution in [0.25, 0.3) is 10.9 Å². The number of aryl methyl sites for hydroxylation is 1. The second kappa shape index (κ2) is 38.0. The molecule has 3 aliphatic rings. The lowest BCUT2D eigenvalue weighted by Gasteiger charge is -2.45. The Labute approximate surface area is 494 Å². The topological polar surface area (TPSA) is 293 Å². The number of ketones is 1. The number of hydrogen-bond donors (Lipinski definition) is 7. The fourth-order valence-electron chi connectivity index (χ4n) is 10.8. The number of anilines is 1. The first-order chi connectivity index (χ1) is 39.1. The molecule has 480 valence electrons. The van der Waals surface area contributed by atoms with Crippen LogP contribution in [0.3, 0.4) is 0 Å². The van der Waals surface area contributed by atoms with Gasteiger partial charge in [-0.05, 0) is 131 Å². The number of ether oxygens (including phenoxy) is 8. The number of hydrogen-bond acceptors (Lipinski definition) is 19. The Morgan fingerprint density at radius 2 is 1.57 bits per heavy atom. The molecule has 1 amide bonds. The Morgan fingerprint density at radius 3 is 2.11 bits per heavy atom. The lowest BCUT2D eigenvalue weighted by Crippen LogP contribution is -2.56. The summed E-state index contributed by atoms with van der Waals surface area (Å²) in [5.74, 6) is -2.90. The number of rotatable bonds is 25. The molecule has 8 unspecified atom stereocenters. The normalized spacial score (nSPS) is 24.6. The molecular formula is C61H108N4O18. The summed E-state index contributed by atoms with van der Waals surface area (Å²) in [5, 5.41) is 54.8. The van der Waals surface area contributed by atoms with Crippen molar-refractivity contribution in [3.8, 4) is 0 Å². The molecular weight excluding hydrogens is 1080 g/mol. The number of carboxylic acids is 1. The van der Waals surface area contributed by atoms with E-state index in [1.165, 1.54) is 27.2 Å². The van der Waals surface area contributed by atoms with Crippen LogP contribution in [0.1, 0.15) is 151 Å². The van der Waals surface area contributed by atoms with Crippen LogP contribution >= 0.6 is 0 Å². The highest BCUT2D eigenvalue weighted by atomic mass is 16.7. The average Bonchev–Trinajstić information content (AvgIpc) is 3.60. The molecule has 0 aliphatic carbocycles. The van der Waals surface area contributed by atoms with Gasteiger partial charge in [0, 0.05) is 89.3 Å². The zero-order valence-electron chi connectivity index (χ0n) is 53.7. The van der Waals surface area contributed by atoms with Gasteiger partial charge in [-0.1, -0.05) is 48.5 Å². The van der Waals surface area contributed by atoms with Gasteiger partial charge in [-0.15, -0.1) is 0 Å². The first kappa shape index (κ1) is 76.7. The summed E-state index contributed by atoms with van der Waals surface area (Å²) in [6.45, 7) is 27.9. The smallest absolute Gasteiger partial charge is 0.407 e. The number of carbonyl (C=O) groups is 4. The molecule has 2 fully saturated rings. The molecule has 17 atom stereocenters. The Balaban J connectivity index is 0.000000751. The largest absolute Gasteiger partial charge is 0.477 e. The van der Waals surface area contributed by atoms with E-state index in [-0.39, 0.29) is 65.4 Å². The molecule has 3 aliphatic heterocycles. The predicted octanol–water partition coefficient (Wildman–Crippen LogP) is 6.86. The standard InChI is InChI=1S/C30H57NO9.C26H35N3O7.C2H6O.C2H6.CH4O/c1-13-24(30(9,36)22(8)33)39-28(35)20(6)27(37-12)19(5)26(17(3)14-16(2)21(7)32)40-29-25(34)23(31(10)11)15-18(4)38-29;1-15-6-9-35-17(3)24(15)36-26(33)28-8-11-34-10-7-27-19-12-18-5-4-16(2)29-14-21(25(31)32)23(30)20(13-19)22(18)29;1-3-2;2*1-2/h16-20,22-27,29,33-34,36H,13-15H2,1-12H3;12-17,24,27H,4-11H2,1-3H3,(H,28,33)(H,31,32);1-2H3;1-2H3;2H,1H3/t16-,17?,18?,19-,20?,22-,23?,24-,25-,26+,27+,29?,30+;15?,16?,17?,24-;;;/m11.../s1. The van der Waals surface area contributed by atoms with Gasteiger partial charge in [-0.25, -0.2) is 9.59 Å². The highest BCUT2D eigenvalue weighted by Crippen LogP contribution is 2.36. The minimum atomic E-state index is -1.62. The highest BCUT2D eigenvalue weighted by molar-refractivity contribution is 5.95. The number of nitrogens with one attached hydrogen (secondary N) is 2. The molecule has 4 heterocycles. The van der Waals surface area contributed by atoms with Crippen LogP contribution in [0.4, 0.5) is 10.5 Å². The van der Waals surface area contributed by atoms with Gasteiger partial charge in [0.05, 0.1) is 55.2 Å². The van der Waals surface area contributed by atoms with Gasteiger partial charge < -0.3 is 83.5 Å². The average molecular weight is 1190 g/mol.